The highest BCUT2D eigenvalue weighted by Crippen LogP contribution is 2.58. The van der Waals surface area contributed by atoms with Gasteiger partial charge in [0.25, 0.3) is 0 Å². The molecule has 0 bridgehead atoms. The van der Waals surface area contributed by atoms with Crippen LogP contribution in [0.15, 0.2) is 84.9 Å². The van der Waals surface area contributed by atoms with Gasteiger partial charge >= 0.3 is 0 Å². The molecule has 3 aliphatic rings. The molecule has 3 aromatic carbocycles. The van der Waals surface area contributed by atoms with Crippen molar-refractivity contribution < 1.29 is 4.74 Å². The zero-order valence-electron chi connectivity index (χ0n) is 17.9. The first-order chi connectivity index (χ1) is 15.3. The first-order valence-electron chi connectivity index (χ1n) is 11.4. The molecule has 2 heterocycles. The molecule has 3 heteroatoms. The van der Waals surface area contributed by atoms with E-state index in [-0.39, 0.29) is 5.66 Å². The minimum atomic E-state index is -0.0769. The number of hydrogen-bond donors (Lipinski definition) is 1. The number of nitrogens with one attached hydrogen (secondary N) is 1. The second-order valence-corrected chi connectivity index (χ2v) is 8.97. The maximum Gasteiger partial charge on any atom is 0.119 e. The van der Waals surface area contributed by atoms with Crippen LogP contribution >= 0.6 is 0 Å². The molecule has 0 aromatic heterocycles. The normalized spacial score (nSPS) is 26.2. The largest absolute Gasteiger partial charge is 0.497 e. The molecule has 3 nitrogen and oxygen atoms in total. The van der Waals surface area contributed by atoms with E-state index in [0.29, 0.717) is 11.8 Å². The van der Waals surface area contributed by atoms with Crippen LogP contribution in [-0.2, 0) is 0 Å². The summed E-state index contributed by atoms with van der Waals surface area (Å²) in [6.45, 7) is 0. The predicted molar refractivity (Wildman–Crippen MR) is 127 cm³/mol. The van der Waals surface area contributed by atoms with Crippen LogP contribution in [0, 0.1) is 5.92 Å². The Kier molecular flexibility index (Phi) is 4.31. The van der Waals surface area contributed by atoms with Gasteiger partial charge in [-0.25, -0.2) is 0 Å². The van der Waals surface area contributed by atoms with Crippen molar-refractivity contribution in [2.24, 2.45) is 5.92 Å². The molecule has 3 aromatic rings. The fourth-order valence-corrected chi connectivity index (χ4v) is 6.07. The number of fused-ring (bicyclic) bond motifs is 2. The first-order valence-corrected chi connectivity index (χ1v) is 11.4. The molecule has 1 saturated carbocycles. The highest BCUT2D eigenvalue weighted by molar-refractivity contribution is 5.93. The van der Waals surface area contributed by atoms with Crippen LogP contribution in [0.3, 0.4) is 0 Å². The van der Waals surface area contributed by atoms with Gasteiger partial charge in [-0.1, -0.05) is 55.0 Å². The van der Waals surface area contributed by atoms with E-state index in [0.717, 1.165) is 12.2 Å². The number of ether oxygens (including phenoxy) is 1. The van der Waals surface area contributed by atoms with Crippen LogP contribution in [0.25, 0.3) is 5.70 Å². The lowest BCUT2D eigenvalue weighted by Crippen LogP contribution is -2.60. The number of hydrogen-bond acceptors (Lipinski definition) is 3. The van der Waals surface area contributed by atoms with Crippen molar-refractivity contribution in [2.75, 3.05) is 17.3 Å². The lowest BCUT2D eigenvalue weighted by molar-refractivity contribution is 0.198. The third-order valence-electron chi connectivity index (χ3n) is 7.41. The smallest absolute Gasteiger partial charge is 0.119 e. The first kappa shape index (κ1) is 18.6. The van der Waals surface area contributed by atoms with Gasteiger partial charge in [0.15, 0.2) is 0 Å². The molecular weight excluding hydrogens is 380 g/mol. The van der Waals surface area contributed by atoms with Gasteiger partial charge in [0.2, 0.25) is 0 Å². The van der Waals surface area contributed by atoms with Crippen molar-refractivity contribution in [3.8, 4) is 5.75 Å². The number of nitrogens with zero attached hydrogens (tertiary/aromatic N) is 1. The van der Waals surface area contributed by atoms with Crippen molar-refractivity contribution in [1.82, 2.24) is 0 Å². The van der Waals surface area contributed by atoms with Crippen molar-refractivity contribution in [1.29, 1.82) is 0 Å². The lowest BCUT2D eigenvalue weighted by Gasteiger charge is -2.54. The molecule has 1 aliphatic carbocycles. The zero-order chi connectivity index (χ0) is 20.8. The quantitative estimate of drug-likeness (QED) is 0.525. The van der Waals surface area contributed by atoms with Gasteiger partial charge in [-0.2, -0.15) is 0 Å². The van der Waals surface area contributed by atoms with E-state index in [2.05, 4.69) is 95.2 Å². The highest BCUT2D eigenvalue weighted by atomic mass is 16.5. The standard InChI is InChI=1S/C28H28N2O/c1-31-22-16-14-21(15-17-22)27-19-23(20-9-3-2-4-10-20)24-11-7-8-18-28(24)29-25-12-5-6-13-26(25)30(27)28/h2-6,9-10,12-17,19,23-24,29H,7-8,11,18H2,1H3. The molecule has 156 valence electrons. The summed E-state index contributed by atoms with van der Waals surface area (Å²) in [5.74, 6) is 1.81. The number of methoxy groups -OCH3 is 1. The minimum Gasteiger partial charge on any atom is -0.497 e. The fourth-order valence-electron chi connectivity index (χ4n) is 6.07. The van der Waals surface area contributed by atoms with Gasteiger partial charge in [-0.3, -0.25) is 0 Å². The summed E-state index contributed by atoms with van der Waals surface area (Å²) in [5.41, 5.74) is 6.42. The Hall–Kier alpha value is -3.20. The summed E-state index contributed by atoms with van der Waals surface area (Å²) < 4.78 is 5.43. The number of rotatable bonds is 3. The third-order valence-corrected chi connectivity index (χ3v) is 7.41. The summed E-state index contributed by atoms with van der Waals surface area (Å²) in [6.07, 6.45) is 7.47. The van der Waals surface area contributed by atoms with E-state index in [4.69, 9.17) is 4.74 Å². The van der Waals surface area contributed by atoms with Crippen molar-refractivity contribution >= 4 is 17.1 Å². The maximum atomic E-state index is 5.43. The Morgan fingerprint density at radius 2 is 1.68 bits per heavy atom. The second kappa shape index (κ2) is 7.19. The van der Waals surface area contributed by atoms with Crippen molar-refractivity contribution in [3.63, 3.8) is 0 Å². The Morgan fingerprint density at radius 1 is 0.903 bits per heavy atom. The second-order valence-electron chi connectivity index (χ2n) is 8.97. The molecule has 1 fully saturated rings. The van der Waals surface area contributed by atoms with Crippen LogP contribution < -0.4 is 15.0 Å². The molecular formula is C28H28N2O. The summed E-state index contributed by atoms with van der Waals surface area (Å²) in [6, 6.07) is 28.4. The van der Waals surface area contributed by atoms with E-state index in [1.54, 1.807) is 7.11 Å². The van der Waals surface area contributed by atoms with Crippen LogP contribution in [0.4, 0.5) is 11.4 Å². The molecule has 0 saturated heterocycles. The average Bonchev–Trinajstić information content (AvgIpc) is 3.17. The zero-order valence-corrected chi connectivity index (χ0v) is 17.9. The topological polar surface area (TPSA) is 24.5 Å². The van der Waals surface area contributed by atoms with Gasteiger partial charge in [-0.05, 0) is 66.8 Å². The van der Waals surface area contributed by atoms with Gasteiger partial charge < -0.3 is 15.0 Å². The van der Waals surface area contributed by atoms with Gasteiger partial charge in [0.05, 0.1) is 18.5 Å². The van der Waals surface area contributed by atoms with Crippen LogP contribution in [-0.4, -0.2) is 12.8 Å². The fraction of sp³-hybridized carbons (Fsp3) is 0.286. The van der Waals surface area contributed by atoms with Crippen molar-refractivity contribution in [3.05, 3.63) is 96.1 Å². The van der Waals surface area contributed by atoms with Gasteiger partial charge in [0.1, 0.15) is 11.4 Å². The SMILES string of the molecule is COc1ccc(C2=CC(c3ccccc3)C3CCCCC34Nc3ccccc3N24)cc1. The molecule has 2 aliphatic heterocycles. The molecule has 1 spiro atoms. The van der Waals surface area contributed by atoms with E-state index < -0.39 is 0 Å². The maximum absolute atomic E-state index is 5.43. The number of benzene rings is 3. The Morgan fingerprint density at radius 3 is 2.48 bits per heavy atom. The molecule has 0 amide bonds. The number of allylic oxidation sites excluding steroid dienone is 1. The highest BCUT2D eigenvalue weighted by Gasteiger charge is 2.56. The predicted octanol–water partition coefficient (Wildman–Crippen LogP) is 6.65. The third kappa shape index (κ3) is 2.79. The van der Waals surface area contributed by atoms with E-state index >= 15 is 0 Å². The lowest BCUT2D eigenvalue weighted by atomic mass is 9.66. The average molecular weight is 409 g/mol. The molecule has 3 atom stereocenters. The molecule has 31 heavy (non-hydrogen) atoms. The van der Waals surface area contributed by atoms with E-state index in [1.165, 1.54) is 47.5 Å². The van der Waals surface area contributed by atoms with Gasteiger partial charge in [-0.15, -0.1) is 0 Å². The van der Waals surface area contributed by atoms with Gasteiger partial charge in [0, 0.05) is 17.5 Å². The molecule has 1 N–H and O–H groups in total. The number of anilines is 2. The summed E-state index contributed by atoms with van der Waals surface area (Å²) in [5, 5.41) is 4.03. The summed E-state index contributed by atoms with van der Waals surface area (Å²) >= 11 is 0. The van der Waals surface area contributed by atoms with Crippen LogP contribution in [0.5, 0.6) is 5.75 Å². The molecule has 3 unspecified atom stereocenters. The van der Waals surface area contributed by atoms with Crippen molar-refractivity contribution in [2.45, 2.75) is 37.3 Å². The molecule has 6 rings (SSSR count). The Balaban J connectivity index is 1.58. The monoisotopic (exact) mass is 408 g/mol. The van der Waals surface area contributed by atoms with Crippen LogP contribution in [0.1, 0.15) is 42.7 Å². The Bertz CT molecular complexity index is 1120. The van der Waals surface area contributed by atoms with E-state index in [1.807, 2.05) is 0 Å². The summed E-state index contributed by atoms with van der Waals surface area (Å²) in [4.78, 5) is 2.62. The summed E-state index contributed by atoms with van der Waals surface area (Å²) in [7, 11) is 1.72. The van der Waals surface area contributed by atoms with Crippen LogP contribution in [0.2, 0.25) is 0 Å². The number of para-hydroxylation sites is 2. The van der Waals surface area contributed by atoms with E-state index in [9.17, 15) is 0 Å². The molecule has 0 radical (unpaired) electrons. The Labute approximate surface area is 184 Å². The minimum absolute atomic E-state index is 0.0769.